The summed E-state index contributed by atoms with van der Waals surface area (Å²) in [6.07, 6.45) is 0. The van der Waals surface area contributed by atoms with Gasteiger partial charge in [0.25, 0.3) is 0 Å². The van der Waals surface area contributed by atoms with Gasteiger partial charge in [-0.05, 0) is 56.2 Å². The minimum atomic E-state index is -0.702. The molecule has 1 atom stereocenters. The second-order valence-electron chi connectivity index (χ2n) is 7.48. The standard InChI is InChI=1S/C21H22ClFN2O2S/c1-13-7-8-16(23)17(9-13)25-18(26)11-28-19(25)14-5-4-6-15(10-14)24-20(27)21(2,3)12-22/h4-10,19H,11-12H2,1-3H3,(H,24,27)/t19-/m0/s1. The van der Waals surface area contributed by atoms with Crippen molar-refractivity contribution in [1.82, 2.24) is 0 Å². The van der Waals surface area contributed by atoms with Crippen LogP contribution in [-0.2, 0) is 9.59 Å². The summed E-state index contributed by atoms with van der Waals surface area (Å²) in [6, 6.07) is 12.0. The molecule has 0 spiro atoms. The summed E-state index contributed by atoms with van der Waals surface area (Å²) in [5, 5.41) is 2.51. The molecule has 1 N–H and O–H groups in total. The molecule has 1 aliphatic rings. The van der Waals surface area contributed by atoms with Crippen LogP contribution in [0.15, 0.2) is 42.5 Å². The minimum Gasteiger partial charge on any atom is -0.326 e. The Bertz CT molecular complexity index is 919. The van der Waals surface area contributed by atoms with Crippen LogP contribution >= 0.6 is 23.4 Å². The van der Waals surface area contributed by atoms with Gasteiger partial charge in [-0.3, -0.25) is 14.5 Å². The maximum absolute atomic E-state index is 14.4. The Morgan fingerprint density at radius 1 is 1.32 bits per heavy atom. The molecular weight excluding hydrogens is 399 g/mol. The molecule has 0 aromatic heterocycles. The topological polar surface area (TPSA) is 49.4 Å². The average molecular weight is 421 g/mol. The fraction of sp³-hybridized carbons (Fsp3) is 0.333. The Hall–Kier alpha value is -2.05. The number of thioether (sulfide) groups is 1. The Morgan fingerprint density at radius 3 is 2.79 bits per heavy atom. The van der Waals surface area contributed by atoms with Crippen LogP contribution in [0, 0.1) is 18.2 Å². The van der Waals surface area contributed by atoms with Crippen LogP contribution in [0.4, 0.5) is 15.8 Å². The monoisotopic (exact) mass is 420 g/mol. The highest BCUT2D eigenvalue weighted by Crippen LogP contribution is 2.43. The van der Waals surface area contributed by atoms with Crippen molar-refractivity contribution in [3.63, 3.8) is 0 Å². The van der Waals surface area contributed by atoms with E-state index in [0.29, 0.717) is 5.69 Å². The number of carbonyl (C=O) groups excluding carboxylic acids is 2. The zero-order valence-electron chi connectivity index (χ0n) is 16.0. The van der Waals surface area contributed by atoms with E-state index in [1.165, 1.54) is 22.7 Å². The van der Waals surface area contributed by atoms with E-state index in [1.54, 1.807) is 32.0 Å². The lowest BCUT2D eigenvalue weighted by Crippen LogP contribution is -2.32. The summed E-state index contributed by atoms with van der Waals surface area (Å²) in [5.41, 5.74) is 1.89. The molecule has 0 bridgehead atoms. The van der Waals surface area contributed by atoms with E-state index in [2.05, 4.69) is 5.32 Å². The molecular formula is C21H22ClFN2O2S. The molecule has 28 heavy (non-hydrogen) atoms. The van der Waals surface area contributed by atoms with Crippen LogP contribution < -0.4 is 10.2 Å². The van der Waals surface area contributed by atoms with Crippen LogP contribution in [0.5, 0.6) is 0 Å². The number of nitrogens with one attached hydrogen (secondary N) is 1. The van der Waals surface area contributed by atoms with E-state index in [1.807, 2.05) is 25.1 Å². The number of hydrogen-bond acceptors (Lipinski definition) is 3. The number of benzene rings is 2. The second kappa shape index (κ2) is 8.13. The van der Waals surface area contributed by atoms with Gasteiger partial charge in [-0.1, -0.05) is 18.2 Å². The van der Waals surface area contributed by atoms with Gasteiger partial charge in [-0.25, -0.2) is 4.39 Å². The van der Waals surface area contributed by atoms with Crippen molar-refractivity contribution in [3.05, 3.63) is 59.4 Å². The predicted molar refractivity (Wildman–Crippen MR) is 113 cm³/mol. The van der Waals surface area contributed by atoms with Gasteiger partial charge in [0.15, 0.2) is 0 Å². The number of amides is 2. The van der Waals surface area contributed by atoms with Gasteiger partial charge >= 0.3 is 0 Å². The van der Waals surface area contributed by atoms with E-state index < -0.39 is 11.2 Å². The summed E-state index contributed by atoms with van der Waals surface area (Å²) in [5.74, 6) is -0.284. The zero-order chi connectivity index (χ0) is 20.5. The molecule has 3 rings (SSSR count). The summed E-state index contributed by atoms with van der Waals surface area (Å²) in [4.78, 5) is 26.4. The first-order valence-electron chi connectivity index (χ1n) is 8.90. The van der Waals surface area contributed by atoms with Crippen LogP contribution in [0.3, 0.4) is 0 Å². The lowest BCUT2D eigenvalue weighted by molar-refractivity contribution is -0.123. The molecule has 2 aromatic carbocycles. The maximum atomic E-state index is 14.4. The predicted octanol–water partition coefficient (Wildman–Crippen LogP) is 5.12. The summed E-state index contributed by atoms with van der Waals surface area (Å²) in [6.45, 7) is 5.40. The van der Waals surface area contributed by atoms with Gasteiger partial charge in [-0.2, -0.15) is 0 Å². The lowest BCUT2D eigenvalue weighted by atomic mass is 9.95. The summed E-state index contributed by atoms with van der Waals surface area (Å²) in [7, 11) is 0. The molecule has 0 radical (unpaired) electrons. The number of halogens is 2. The Morgan fingerprint density at radius 2 is 2.07 bits per heavy atom. The first-order chi connectivity index (χ1) is 13.2. The van der Waals surface area contributed by atoms with Gasteiger partial charge < -0.3 is 5.32 Å². The second-order valence-corrected chi connectivity index (χ2v) is 8.81. The number of rotatable bonds is 5. The van der Waals surface area contributed by atoms with E-state index >= 15 is 0 Å². The molecule has 2 amide bonds. The van der Waals surface area contributed by atoms with Crippen molar-refractivity contribution in [2.75, 3.05) is 21.8 Å². The van der Waals surface area contributed by atoms with Crippen molar-refractivity contribution >= 4 is 46.6 Å². The summed E-state index contributed by atoms with van der Waals surface area (Å²) < 4.78 is 14.4. The molecule has 0 unspecified atom stereocenters. The molecule has 1 aliphatic heterocycles. The van der Waals surface area contributed by atoms with Crippen LogP contribution in [0.25, 0.3) is 0 Å². The quantitative estimate of drug-likeness (QED) is 0.683. The SMILES string of the molecule is Cc1ccc(F)c(N2C(=O)CS[C@H]2c2cccc(NC(=O)C(C)(C)CCl)c2)c1. The number of alkyl halides is 1. The molecule has 1 heterocycles. The number of hydrogen-bond donors (Lipinski definition) is 1. The first kappa shape index (κ1) is 20.7. The van der Waals surface area contributed by atoms with Gasteiger partial charge in [0.1, 0.15) is 11.2 Å². The molecule has 0 saturated carbocycles. The van der Waals surface area contributed by atoms with E-state index in [4.69, 9.17) is 11.6 Å². The Labute approximate surface area is 173 Å². The lowest BCUT2D eigenvalue weighted by Gasteiger charge is -2.26. The Balaban J connectivity index is 1.91. The largest absolute Gasteiger partial charge is 0.326 e. The number of nitrogens with zero attached hydrogens (tertiary/aromatic N) is 1. The molecule has 7 heteroatoms. The highest BCUT2D eigenvalue weighted by atomic mass is 35.5. The average Bonchev–Trinajstić information content (AvgIpc) is 3.05. The maximum Gasteiger partial charge on any atom is 0.238 e. The van der Waals surface area contributed by atoms with Crippen molar-refractivity contribution in [2.24, 2.45) is 5.41 Å². The first-order valence-corrected chi connectivity index (χ1v) is 10.5. The highest BCUT2D eigenvalue weighted by molar-refractivity contribution is 8.00. The zero-order valence-corrected chi connectivity index (χ0v) is 17.5. The number of carbonyl (C=O) groups is 2. The Kier molecular flexibility index (Phi) is 6.01. The van der Waals surface area contributed by atoms with Crippen molar-refractivity contribution in [1.29, 1.82) is 0 Å². The molecule has 2 aromatic rings. The molecule has 148 valence electrons. The smallest absolute Gasteiger partial charge is 0.238 e. The number of aryl methyl sites for hydroxylation is 1. The van der Waals surface area contributed by atoms with Crippen molar-refractivity contribution in [3.8, 4) is 0 Å². The normalized spacial score (nSPS) is 17.1. The minimum absolute atomic E-state index is 0.141. The van der Waals surface area contributed by atoms with E-state index in [9.17, 15) is 14.0 Å². The van der Waals surface area contributed by atoms with E-state index in [-0.39, 0.29) is 34.5 Å². The molecule has 4 nitrogen and oxygen atoms in total. The van der Waals surface area contributed by atoms with Crippen molar-refractivity contribution < 1.29 is 14.0 Å². The highest BCUT2D eigenvalue weighted by Gasteiger charge is 2.36. The molecule has 1 fully saturated rings. The third-order valence-electron chi connectivity index (χ3n) is 4.61. The van der Waals surface area contributed by atoms with Gasteiger partial charge in [0.05, 0.1) is 16.9 Å². The van der Waals surface area contributed by atoms with Crippen LogP contribution in [0.2, 0.25) is 0 Å². The fourth-order valence-corrected chi connectivity index (χ4v) is 4.15. The fourth-order valence-electron chi connectivity index (χ4n) is 2.87. The van der Waals surface area contributed by atoms with E-state index in [0.717, 1.165) is 11.1 Å². The van der Waals surface area contributed by atoms with Crippen LogP contribution in [-0.4, -0.2) is 23.4 Å². The molecule has 1 saturated heterocycles. The van der Waals surface area contributed by atoms with Gasteiger partial charge in [0, 0.05) is 11.6 Å². The number of anilines is 2. The van der Waals surface area contributed by atoms with Crippen LogP contribution in [0.1, 0.15) is 30.3 Å². The summed E-state index contributed by atoms with van der Waals surface area (Å²) >= 11 is 7.31. The third-order valence-corrected chi connectivity index (χ3v) is 6.49. The van der Waals surface area contributed by atoms with Gasteiger partial charge in [0.2, 0.25) is 11.8 Å². The third kappa shape index (κ3) is 4.18. The van der Waals surface area contributed by atoms with Crippen molar-refractivity contribution in [2.45, 2.75) is 26.1 Å². The van der Waals surface area contributed by atoms with Gasteiger partial charge in [-0.15, -0.1) is 23.4 Å². The molecule has 0 aliphatic carbocycles.